The van der Waals surface area contributed by atoms with Crippen LogP contribution in [0, 0.1) is 0 Å². The van der Waals surface area contributed by atoms with Crippen molar-refractivity contribution in [2.45, 2.75) is 19.2 Å². The maximum Gasteiger partial charge on any atom is 0.331 e. The Morgan fingerprint density at radius 2 is 1.85 bits per heavy atom. The molecule has 0 bridgehead atoms. The molecule has 106 valence electrons. The van der Waals surface area contributed by atoms with Crippen molar-refractivity contribution < 1.29 is 5.11 Å². The van der Waals surface area contributed by atoms with Crippen molar-refractivity contribution in [3.63, 3.8) is 0 Å². The topological polar surface area (TPSA) is 64.2 Å². The number of hydrogen-bond acceptors (Lipinski definition) is 3. The van der Waals surface area contributed by atoms with Crippen molar-refractivity contribution in [2.75, 3.05) is 5.88 Å². The van der Waals surface area contributed by atoms with E-state index >= 15 is 0 Å². The smallest absolute Gasteiger partial charge is 0.331 e. The lowest BCUT2D eigenvalue weighted by molar-refractivity contribution is 0.172. The highest BCUT2D eigenvalue weighted by molar-refractivity contribution is 6.18. The van der Waals surface area contributed by atoms with Crippen molar-refractivity contribution in [1.29, 1.82) is 0 Å². The fourth-order valence-electron chi connectivity index (χ4n) is 1.88. The third-order valence-electron chi connectivity index (χ3n) is 2.91. The molecular weight excluding hydrogens is 280 g/mol. The molecule has 0 spiro atoms. The largest absolute Gasteiger partial charge is 0.390 e. The minimum absolute atomic E-state index is 0.0283. The third-order valence-corrected chi connectivity index (χ3v) is 3.26. The molecule has 0 radical (unpaired) electrons. The molecule has 1 atom stereocenters. The monoisotopic (exact) mass is 294 g/mol. The lowest BCUT2D eigenvalue weighted by Gasteiger charge is -2.12. The Balaban J connectivity index is 2.34. The first-order chi connectivity index (χ1) is 9.61. The number of benzene rings is 1. The zero-order valence-electron chi connectivity index (χ0n) is 10.8. The average molecular weight is 295 g/mol. The first-order valence-electron chi connectivity index (χ1n) is 6.20. The number of alkyl halides is 1. The van der Waals surface area contributed by atoms with Gasteiger partial charge in [-0.25, -0.2) is 4.79 Å². The molecule has 2 aromatic rings. The zero-order chi connectivity index (χ0) is 14.5. The van der Waals surface area contributed by atoms with Gasteiger partial charge in [-0.3, -0.25) is 13.9 Å². The molecule has 2 rings (SSSR count). The highest BCUT2D eigenvalue weighted by Crippen LogP contribution is 1.99. The Hall–Kier alpha value is -1.85. The van der Waals surface area contributed by atoms with Gasteiger partial charge in [0.1, 0.15) is 0 Å². The van der Waals surface area contributed by atoms with Crippen LogP contribution in [-0.2, 0) is 13.1 Å². The lowest BCUT2D eigenvalue weighted by Crippen LogP contribution is -2.42. The fourth-order valence-corrected chi connectivity index (χ4v) is 1.98. The second-order valence-electron chi connectivity index (χ2n) is 4.47. The average Bonchev–Trinajstić information content (AvgIpc) is 2.47. The van der Waals surface area contributed by atoms with Crippen LogP contribution in [0.4, 0.5) is 0 Å². The standard InChI is InChI=1S/C14H15ClN2O3/c15-8-12(18)10-17-13(19)6-7-16(14(17)20)9-11-4-2-1-3-5-11/h1-7,12,18H,8-10H2/t12-/m1/s1. The Morgan fingerprint density at radius 1 is 1.15 bits per heavy atom. The van der Waals surface area contributed by atoms with Crippen LogP contribution >= 0.6 is 11.6 Å². The van der Waals surface area contributed by atoms with Gasteiger partial charge in [-0.15, -0.1) is 11.6 Å². The normalized spacial score (nSPS) is 12.3. The predicted molar refractivity (Wildman–Crippen MR) is 77.2 cm³/mol. The van der Waals surface area contributed by atoms with Crippen molar-refractivity contribution >= 4 is 11.6 Å². The maximum atomic E-state index is 12.2. The van der Waals surface area contributed by atoms with Crippen molar-refractivity contribution in [2.24, 2.45) is 0 Å². The molecule has 0 amide bonds. The fraction of sp³-hybridized carbons (Fsp3) is 0.286. The van der Waals surface area contributed by atoms with Crippen LogP contribution < -0.4 is 11.2 Å². The number of halogens is 1. The second-order valence-corrected chi connectivity index (χ2v) is 4.78. The van der Waals surface area contributed by atoms with Gasteiger partial charge in [0.25, 0.3) is 5.56 Å². The van der Waals surface area contributed by atoms with Crippen LogP contribution in [0.1, 0.15) is 5.56 Å². The van der Waals surface area contributed by atoms with Gasteiger partial charge in [0.2, 0.25) is 0 Å². The van der Waals surface area contributed by atoms with Crippen molar-refractivity contribution in [3.8, 4) is 0 Å². The molecular formula is C14H15ClN2O3. The zero-order valence-corrected chi connectivity index (χ0v) is 11.5. The molecule has 1 heterocycles. The van der Waals surface area contributed by atoms with E-state index < -0.39 is 17.4 Å². The van der Waals surface area contributed by atoms with Gasteiger partial charge in [0.15, 0.2) is 0 Å². The Bertz CT molecular complexity index is 679. The molecule has 0 saturated heterocycles. The summed E-state index contributed by atoms with van der Waals surface area (Å²) in [5, 5.41) is 9.50. The highest BCUT2D eigenvalue weighted by atomic mass is 35.5. The molecule has 0 fully saturated rings. The van der Waals surface area contributed by atoms with Gasteiger partial charge < -0.3 is 5.11 Å². The van der Waals surface area contributed by atoms with Gasteiger partial charge in [0, 0.05) is 12.3 Å². The number of nitrogens with zero attached hydrogens (tertiary/aromatic N) is 2. The minimum Gasteiger partial charge on any atom is -0.390 e. The molecule has 1 aromatic carbocycles. The van der Waals surface area contributed by atoms with Gasteiger partial charge >= 0.3 is 5.69 Å². The predicted octanol–water partition coefficient (Wildman–Crippen LogP) is 0.658. The van der Waals surface area contributed by atoms with Crippen molar-refractivity contribution in [3.05, 3.63) is 69.0 Å². The summed E-state index contributed by atoms with van der Waals surface area (Å²) in [4.78, 5) is 23.9. The van der Waals surface area contributed by atoms with E-state index in [1.807, 2.05) is 30.3 Å². The molecule has 0 aliphatic heterocycles. The number of rotatable bonds is 5. The van der Waals surface area contributed by atoms with Crippen LogP contribution in [0.15, 0.2) is 52.2 Å². The van der Waals surface area contributed by atoms with Gasteiger partial charge in [0.05, 0.1) is 25.1 Å². The number of hydrogen-bond donors (Lipinski definition) is 1. The second kappa shape index (κ2) is 6.54. The molecule has 5 nitrogen and oxygen atoms in total. The summed E-state index contributed by atoms with van der Waals surface area (Å²) < 4.78 is 2.42. The van der Waals surface area contributed by atoms with Crippen molar-refractivity contribution in [1.82, 2.24) is 9.13 Å². The van der Waals surface area contributed by atoms with E-state index in [4.69, 9.17) is 11.6 Å². The van der Waals surface area contributed by atoms with E-state index in [2.05, 4.69) is 0 Å². The molecule has 0 saturated carbocycles. The van der Waals surface area contributed by atoms with E-state index in [1.165, 1.54) is 16.8 Å². The van der Waals surface area contributed by atoms with E-state index in [9.17, 15) is 14.7 Å². The van der Waals surface area contributed by atoms with Crippen LogP contribution in [0.2, 0.25) is 0 Å². The van der Waals surface area contributed by atoms with Gasteiger partial charge in [-0.1, -0.05) is 30.3 Å². The van der Waals surface area contributed by atoms with E-state index in [0.29, 0.717) is 6.54 Å². The summed E-state index contributed by atoms with van der Waals surface area (Å²) in [5.74, 6) is -0.0283. The van der Waals surface area contributed by atoms with Gasteiger partial charge in [-0.2, -0.15) is 0 Å². The molecule has 0 aliphatic rings. The lowest BCUT2D eigenvalue weighted by atomic mass is 10.2. The summed E-state index contributed by atoms with van der Waals surface area (Å²) in [6.45, 7) is 0.272. The van der Waals surface area contributed by atoms with Crippen LogP contribution in [-0.4, -0.2) is 26.2 Å². The van der Waals surface area contributed by atoms with Crippen LogP contribution in [0.25, 0.3) is 0 Å². The van der Waals surface area contributed by atoms with E-state index in [-0.39, 0.29) is 12.4 Å². The molecule has 0 aliphatic carbocycles. The first-order valence-corrected chi connectivity index (χ1v) is 6.73. The molecule has 20 heavy (non-hydrogen) atoms. The maximum absolute atomic E-state index is 12.2. The first kappa shape index (κ1) is 14.6. The number of aliphatic hydroxyl groups excluding tert-OH is 1. The van der Waals surface area contributed by atoms with E-state index in [1.54, 1.807) is 0 Å². The molecule has 1 aromatic heterocycles. The Kier molecular flexibility index (Phi) is 4.76. The summed E-state index contributed by atoms with van der Waals surface area (Å²) in [6, 6.07) is 10.8. The number of aromatic nitrogens is 2. The summed E-state index contributed by atoms with van der Waals surface area (Å²) in [5.41, 5.74) is 0.0617. The number of aliphatic hydroxyl groups is 1. The third kappa shape index (κ3) is 3.37. The van der Waals surface area contributed by atoms with Crippen LogP contribution in [0.3, 0.4) is 0 Å². The quantitative estimate of drug-likeness (QED) is 0.824. The summed E-state index contributed by atoms with van der Waals surface area (Å²) in [6.07, 6.45) is 0.538. The highest BCUT2D eigenvalue weighted by Gasteiger charge is 2.10. The Labute approximate surface area is 120 Å². The summed E-state index contributed by atoms with van der Waals surface area (Å²) in [7, 11) is 0. The minimum atomic E-state index is -0.922. The van der Waals surface area contributed by atoms with E-state index in [0.717, 1.165) is 10.1 Å². The molecule has 6 heteroatoms. The summed E-state index contributed by atoms with van der Waals surface area (Å²) >= 11 is 5.50. The molecule has 0 unspecified atom stereocenters. The molecule has 1 N–H and O–H groups in total. The SMILES string of the molecule is O=c1ccn(Cc2ccccc2)c(=O)n1C[C@H](O)CCl. The Morgan fingerprint density at radius 3 is 2.50 bits per heavy atom. The van der Waals surface area contributed by atoms with Gasteiger partial charge in [-0.05, 0) is 5.56 Å². The van der Waals surface area contributed by atoms with Crippen LogP contribution in [0.5, 0.6) is 0 Å².